The molecule has 0 radical (unpaired) electrons. The van der Waals surface area contributed by atoms with Gasteiger partial charge in [-0.2, -0.15) is 0 Å². The normalized spacial score (nSPS) is 16.6. The van der Waals surface area contributed by atoms with Crippen LogP contribution in [0.5, 0.6) is 0 Å². The van der Waals surface area contributed by atoms with E-state index in [1.807, 2.05) is 47.2 Å². The number of fused-ring (bicyclic) bond motifs is 1. The SMILES string of the molecule is Cl.O=C1C(c2cccc(Br)c2)n2cncc2CN1Cc1ccco1. The van der Waals surface area contributed by atoms with Gasteiger partial charge in [0, 0.05) is 10.7 Å². The molecule has 0 fully saturated rings. The van der Waals surface area contributed by atoms with Gasteiger partial charge in [0.25, 0.3) is 5.91 Å². The van der Waals surface area contributed by atoms with Gasteiger partial charge >= 0.3 is 0 Å². The Morgan fingerprint density at radius 3 is 2.92 bits per heavy atom. The van der Waals surface area contributed by atoms with Crippen LogP contribution in [0, 0.1) is 0 Å². The van der Waals surface area contributed by atoms with Gasteiger partial charge in [0.2, 0.25) is 0 Å². The molecule has 3 aromatic rings. The molecule has 3 heterocycles. The molecule has 124 valence electrons. The van der Waals surface area contributed by atoms with Gasteiger partial charge in [0.15, 0.2) is 0 Å². The number of rotatable bonds is 3. The van der Waals surface area contributed by atoms with Gasteiger partial charge in [-0.15, -0.1) is 12.4 Å². The van der Waals surface area contributed by atoms with Crippen molar-refractivity contribution in [3.63, 3.8) is 0 Å². The third kappa shape index (κ3) is 2.99. The Morgan fingerprint density at radius 2 is 2.17 bits per heavy atom. The number of furan rings is 1. The molecule has 0 spiro atoms. The number of benzene rings is 1. The molecule has 1 amide bonds. The average molecular weight is 409 g/mol. The molecule has 1 atom stereocenters. The summed E-state index contributed by atoms with van der Waals surface area (Å²) in [4.78, 5) is 19.1. The predicted molar refractivity (Wildman–Crippen MR) is 94.7 cm³/mol. The highest BCUT2D eigenvalue weighted by Gasteiger charge is 2.34. The topological polar surface area (TPSA) is 51.3 Å². The molecule has 7 heteroatoms. The van der Waals surface area contributed by atoms with Crippen molar-refractivity contribution in [1.82, 2.24) is 14.5 Å². The van der Waals surface area contributed by atoms with Crippen LogP contribution in [0.1, 0.15) is 23.1 Å². The van der Waals surface area contributed by atoms with E-state index in [4.69, 9.17) is 4.42 Å². The van der Waals surface area contributed by atoms with E-state index >= 15 is 0 Å². The number of halogens is 2. The summed E-state index contributed by atoms with van der Waals surface area (Å²) in [6.45, 7) is 0.992. The molecule has 1 aromatic carbocycles. The molecule has 0 bridgehead atoms. The maximum absolute atomic E-state index is 13.0. The number of amides is 1. The zero-order valence-corrected chi connectivity index (χ0v) is 15.0. The number of aromatic nitrogens is 2. The van der Waals surface area contributed by atoms with Crippen LogP contribution in [0.4, 0.5) is 0 Å². The fraction of sp³-hybridized carbons (Fsp3) is 0.176. The average Bonchev–Trinajstić information content (AvgIpc) is 3.19. The summed E-state index contributed by atoms with van der Waals surface area (Å²) in [5.41, 5.74) is 1.95. The minimum absolute atomic E-state index is 0. The largest absolute Gasteiger partial charge is 0.467 e. The molecule has 4 rings (SSSR count). The number of hydrogen-bond donors (Lipinski definition) is 0. The van der Waals surface area contributed by atoms with Gasteiger partial charge in [-0.3, -0.25) is 4.79 Å². The fourth-order valence-corrected chi connectivity index (χ4v) is 3.37. The van der Waals surface area contributed by atoms with Crippen molar-refractivity contribution in [3.8, 4) is 0 Å². The molecule has 0 N–H and O–H groups in total. The molecule has 1 aliphatic heterocycles. The van der Waals surface area contributed by atoms with E-state index in [0.29, 0.717) is 13.1 Å². The lowest BCUT2D eigenvalue weighted by molar-refractivity contribution is -0.137. The van der Waals surface area contributed by atoms with Crippen LogP contribution in [-0.4, -0.2) is 20.4 Å². The lowest BCUT2D eigenvalue weighted by Gasteiger charge is -2.33. The standard InChI is InChI=1S/C17H14BrN3O2.ClH/c18-13-4-1-3-12(7-13)16-17(22)20(10-15-5-2-6-23-15)9-14-8-19-11-21(14)16;/h1-8,11,16H,9-10H2;1H. The Balaban J connectivity index is 0.00000169. The van der Waals surface area contributed by atoms with Crippen molar-refractivity contribution in [2.75, 3.05) is 0 Å². The van der Waals surface area contributed by atoms with E-state index in [9.17, 15) is 4.79 Å². The van der Waals surface area contributed by atoms with Crippen molar-refractivity contribution in [2.45, 2.75) is 19.1 Å². The lowest BCUT2D eigenvalue weighted by Crippen LogP contribution is -2.42. The van der Waals surface area contributed by atoms with E-state index in [1.165, 1.54) is 0 Å². The molecule has 0 aliphatic carbocycles. The van der Waals surface area contributed by atoms with E-state index < -0.39 is 6.04 Å². The first-order chi connectivity index (χ1) is 11.2. The summed E-state index contributed by atoms with van der Waals surface area (Å²) in [7, 11) is 0. The van der Waals surface area contributed by atoms with Crippen molar-refractivity contribution in [1.29, 1.82) is 0 Å². The van der Waals surface area contributed by atoms with Gasteiger partial charge in [0.05, 0.1) is 31.4 Å². The third-order valence-electron chi connectivity index (χ3n) is 4.01. The van der Waals surface area contributed by atoms with E-state index in [2.05, 4.69) is 20.9 Å². The van der Waals surface area contributed by atoms with Crippen molar-refractivity contribution in [2.24, 2.45) is 0 Å². The van der Waals surface area contributed by atoms with E-state index in [0.717, 1.165) is 21.5 Å². The van der Waals surface area contributed by atoms with Gasteiger partial charge in [-0.05, 0) is 29.8 Å². The van der Waals surface area contributed by atoms with Gasteiger partial charge < -0.3 is 13.9 Å². The molecule has 0 saturated heterocycles. The molecular formula is C17H15BrClN3O2. The monoisotopic (exact) mass is 407 g/mol. The highest BCUT2D eigenvalue weighted by Crippen LogP contribution is 2.30. The molecule has 5 nitrogen and oxygen atoms in total. The molecular weight excluding hydrogens is 394 g/mol. The fourth-order valence-electron chi connectivity index (χ4n) is 2.96. The zero-order valence-electron chi connectivity index (χ0n) is 12.6. The second kappa shape index (κ2) is 6.83. The smallest absolute Gasteiger partial charge is 0.251 e. The zero-order chi connectivity index (χ0) is 15.8. The highest BCUT2D eigenvalue weighted by molar-refractivity contribution is 9.10. The first-order valence-corrected chi connectivity index (χ1v) is 8.09. The summed E-state index contributed by atoms with van der Waals surface area (Å²) in [5, 5.41) is 0. The molecule has 0 saturated carbocycles. The first-order valence-electron chi connectivity index (χ1n) is 7.30. The Bertz CT molecular complexity index is 847. The maximum atomic E-state index is 13.0. The van der Waals surface area contributed by atoms with E-state index in [1.54, 1.807) is 17.5 Å². The van der Waals surface area contributed by atoms with Gasteiger partial charge in [-0.25, -0.2) is 4.98 Å². The summed E-state index contributed by atoms with van der Waals surface area (Å²) in [5.74, 6) is 0.823. The number of imidazole rings is 1. The minimum Gasteiger partial charge on any atom is -0.467 e. The molecule has 1 unspecified atom stereocenters. The summed E-state index contributed by atoms with van der Waals surface area (Å²) in [6.07, 6.45) is 5.16. The van der Waals surface area contributed by atoms with Gasteiger partial charge in [-0.1, -0.05) is 28.1 Å². The Hall–Kier alpha value is -2.05. The van der Waals surface area contributed by atoms with Crippen LogP contribution in [0.25, 0.3) is 0 Å². The predicted octanol–water partition coefficient (Wildman–Crippen LogP) is 3.79. The Kier molecular flexibility index (Phi) is 4.78. The quantitative estimate of drug-likeness (QED) is 0.662. The summed E-state index contributed by atoms with van der Waals surface area (Å²) < 4.78 is 8.29. The molecule has 1 aliphatic rings. The minimum atomic E-state index is -0.395. The molecule has 2 aromatic heterocycles. The first kappa shape index (κ1) is 16.8. The highest BCUT2D eigenvalue weighted by atomic mass is 79.9. The maximum Gasteiger partial charge on any atom is 0.251 e. The van der Waals surface area contributed by atoms with E-state index in [-0.39, 0.29) is 18.3 Å². The number of hydrogen-bond acceptors (Lipinski definition) is 3. The van der Waals surface area contributed by atoms with Crippen LogP contribution in [-0.2, 0) is 17.9 Å². The number of carbonyl (C=O) groups is 1. The van der Waals surface area contributed by atoms with Crippen LogP contribution < -0.4 is 0 Å². The number of carbonyl (C=O) groups excluding carboxylic acids is 1. The summed E-state index contributed by atoms with van der Waals surface area (Å²) in [6, 6.07) is 11.2. The second-order valence-corrected chi connectivity index (χ2v) is 6.44. The molecule has 24 heavy (non-hydrogen) atoms. The Morgan fingerprint density at radius 1 is 1.29 bits per heavy atom. The van der Waals surface area contributed by atoms with Crippen molar-refractivity contribution >= 4 is 34.2 Å². The van der Waals surface area contributed by atoms with Gasteiger partial charge in [0.1, 0.15) is 11.8 Å². The lowest BCUT2D eigenvalue weighted by atomic mass is 10.0. The van der Waals surface area contributed by atoms with Crippen molar-refractivity contribution < 1.29 is 9.21 Å². The number of nitrogens with zero attached hydrogens (tertiary/aromatic N) is 3. The third-order valence-corrected chi connectivity index (χ3v) is 4.51. The van der Waals surface area contributed by atoms with Crippen LogP contribution in [0.2, 0.25) is 0 Å². The van der Waals surface area contributed by atoms with Crippen LogP contribution >= 0.6 is 28.3 Å². The van der Waals surface area contributed by atoms with Crippen LogP contribution in [0.3, 0.4) is 0 Å². The Labute approximate surface area is 153 Å². The van der Waals surface area contributed by atoms with Crippen molar-refractivity contribution in [3.05, 3.63) is 76.7 Å². The van der Waals surface area contributed by atoms with Crippen LogP contribution in [0.15, 0.2) is 64.1 Å². The second-order valence-electron chi connectivity index (χ2n) is 5.52. The summed E-state index contributed by atoms with van der Waals surface area (Å²) >= 11 is 3.48.